The van der Waals surface area contributed by atoms with Gasteiger partial charge in [0.05, 0.1) is 22.1 Å². The third-order valence-corrected chi connectivity index (χ3v) is 23.5. The van der Waals surface area contributed by atoms with Crippen LogP contribution in [0.1, 0.15) is 74.9 Å². The standard InChI is InChI=1S/2C33H25NO.C33H25NS/c1-33(2)26-14-8-13-23(21-10-4-3-5-11-21)31(26)24-19-18-22(20-27(24)33)34-28-15-9-17-30-32(28)25-12-6-7-16-29(25)35-30;1-33(2)27-18-15-22(21-9-4-3-5-10-21)19-26(27)24-17-16-23(20-28(24)33)34-29-12-8-14-31-32(29)25-11-6-7-13-30(25)35-31;1-33(2)27-20-22(34-28-15-9-17-30-31(28)26-12-6-7-16-29(26)35-30)18-19-24(27)25-14-8-13-23(32(25)33)21-10-4-3-5-11-21/h3*3-20,34H,1-2H3. The van der Waals surface area contributed by atoms with Gasteiger partial charge in [-0.15, -0.1) is 11.3 Å². The van der Waals surface area contributed by atoms with Crippen LogP contribution in [0.25, 0.3) is 131 Å². The Balaban J connectivity index is 0.000000108. The summed E-state index contributed by atoms with van der Waals surface area (Å²) in [5.74, 6) is 0. The molecule has 504 valence electrons. The molecule has 5 nitrogen and oxygen atoms in total. The predicted octanol–water partition coefficient (Wildman–Crippen LogP) is 28.4. The summed E-state index contributed by atoms with van der Waals surface area (Å²) in [6.07, 6.45) is 0. The molecule has 0 unspecified atom stereocenters. The van der Waals surface area contributed by atoms with E-state index >= 15 is 0 Å². The number of nitrogens with one attached hydrogen (secondary N) is 3. The molecule has 0 bridgehead atoms. The maximum absolute atomic E-state index is 6.10. The van der Waals surface area contributed by atoms with Gasteiger partial charge in [0.25, 0.3) is 0 Å². The topological polar surface area (TPSA) is 62.4 Å². The molecule has 15 aromatic carbocycles. The molecule has 0 spiro atoms. The number of hydrogen-bond acceptors (Lipinski definition) is 6. The molecular formula is C99H75N3O2S. The molecule has 6 heteroatoms. The number of anilines is 6. The van der Waals surface area contributed by atoms with Gasteiger partial charge in [-0.1, -0.05) is 272 Å². The minimum absolute atomic E-state index is 0.0636. The molecule has 0 aliphatic heterocycles. The van der Waals surface area contributed by atoms with Gasteiger partial charge in [0, 0.05) is 69.9 Å². The van der Waals surface area contributed by atoms with E-state index in [-0.39, 0.29) is 16.2 Å². The summed E-state index contributed by atoms with van der Waals surface area (Å²) in [5.41, 5.74) is 33.9. The maximum atomic E-state index is 6.10. The first-order chi connectivity index (χ1) is 51.3. The Labute approximate surface area is 615 Å². The van der Waals surface area contributed by atoms with Crippen molar-refractivity contribution in [2.75, 3.05) is 16.0 Å². The molecule has 21 rings (SSSR count). The van der Waals surface area contributed by atoms with Crippen molar-refractivity contribution in [3.63, 3.8) is 0 Å². The summed E-state index contributed by atoms with van der Waals surface area (Å²) in [6.45, 7) is 14.0. The van der Waals surface area contributed by atoms with Gasteiger partial charge >= 0.3 is 0 Å². The summed E-state index contributed by atoms with van der Waals surface area (Å²) in [7, 11) is 0. The average Bonchev–Trinajstić information content (AvgIpc) is 1.58. The Hall–Kier alpha value is -12.5. The molecule has 0 amide bonds. The molecule has 18 aromatic rings. The maximum Gasteiger partial charge on any atom is 0.137 e. The first-order valence-corrected chi connectivity index (χ1v) is 37.2. The number of para-hydroxylation sites is 2. The summed E-state index contributed by atoms with van der Waals surface area (Å²) < 4.78 is 14.8. The number of fused-ring (bicyclic) bond motifs is 18. The summed E-state index contributed by atoms with van der Waals surface area (Å²) >= 11 is 1.86. The van der Waals surface area contributed by atoms with Gasteiger partial charge in [-0.3, -0.25) is 0 Å². The molecule has 105 heavy (non-hydrogen) atoms. The van der Waals surface area contributed by atoms with Crippen molar-refractivity contribution in [2.45, 2.75) is 57.8 Å². The Kier molecular flexibility index (Phi) is 15.0. The fraction of sp³-hybridized carbons (Fsp3) is 0.0909. The summed E-state index contributed by atoms with van der Waals surface area (Å²) in [6, 6.07) is 117. The lowest BCUT2D eigenvalue weighted by Crippen LogP contribution is -2.16. The predicted molar refractivity (Wildman–Crippen MR) is 445 cm³/mol. The Morgan fingerprint density at radius 3 is 1.29 bits per heavy atom. The minimum Gasteiger partial charge on any atom is -0.456 e. The largest absolute Gasteiger partial charge is 0.456 e. The van der Waals surface area contributed by atoms with E-state index in [1.54, 1.807) is 0 Å². The first-order valence-electron chi connectivity index (χ1n) is 36.4. The third-order valence-electron chi connectivity index (χ3n) is 22.4. The second kappa shape index (κ2) is 24.9. The van der Waals surface area contributed by atoms with Crippen LogP contribution in [0.3, 0.4) is 0 Å². The van der Waals surface area contributed by atoms with Crippen molar-refractivity contribution in [3.05, 3.63) is 361 Å². The van der Waals surface area contributed by atoms with Crippen LogP contribution in [0.5, 0.6) is 0 Å². The van der Waals surface area contributed by atoms with Crippen molar-refractivity contribution in [1.29, 1.82) is 0 Å². The second-order valence-electron chi connectivity index (χ2n) is 29.7. The highest BCUT2D eigenvalue weighted by molar-refractivity contribution is 7.26. The summed E-state index contributed by atoms with van der Waals surface area (Å²) in [5, 5.41) is 18.3. The molecule has 0 saturated carbocycles. The van der Waals surface area contributed by atoms with Gasteiger partial charge < -0.3 is 24.8 Å². The van der Waals surface area contributed by atoms with Gasteiger partial charge in [0.15, 0.2) is 0 Å². The Morgan fingerprint density at radius 2 is 0.676 bits per heavy atom. The number of hydrogen-bond donors (Lipinski definition) is 3. The normalized spacial score (nSPS) is 13.7. The highest BCUT2D eigenvalue weighted by atomic mass is 32.1. The van der Waals surface area contributed by atoms with Gasteiger partial charge in [-0.2, -0.15) is 0 Å². The van der Waals surface area contributed by atoms with E-state index < -0.39 is 0 Å². The lowest BCUT2D eigenvalue weighted by molar-refractivity contribution is 0.660. The number of thiophene rings is 1. The molecule has 0 saturated heterocycles. The van der Waals surface area contributed by atoms with Crippen LogP contribution in [-0.4, -0.2) is 0 Å². The van der Waals surface area contributed by atoms with E-state index in [0.29, 0.717) is 0 Å². The van der Waals surface area contributed by atoms with Crippen LogP contribution in [0.4, 0.5) is 34.1 Å². The van der Waals surface area contributed by atoms with Crippen LogP contribution in [0.15, 0.2) is 336 Å². The van der Waals surface area contributed by atoms with Crippen molar-refractivity contribution in [2.24, 2.45) is 0 Å². The molecule has 3 aliphatic carbocycles. The minimum atomic E-state index is -0.0874. The monoisotopic (exact) mass is 1370 g/mol. The van der Waals surface area contributed by atoms with E-state index in [4.69, 9.17) is 8.83 Å². The molecular weight excluding hydrogens is 1300 g/mol. The van der Waals surface area contributed by atoms with Crippen molar-refractivity contribution in [3.8, 4) is 66.8 Å². The SMILES string of the molecule is CC1(C)c2cc(Nc3cccc4oc5ccccc5c34)ccc2-c2c(-c3ccccc3)cccc21.CC1(C)c2cc(Nc3cccc4sc5ccccc5c34)ccc2-c2cccc(-c3ccccc3)c21.CC1(C)c2ccc(-c3ccccc3)cc2-c2ccc(Nc3cccc4oc5ccccc5c34)cc21. The van der Waals surface area contributed by atoms with Crippen molar-refractivity contribution >= 4 is 110 Å². The van der Waals surface area contributed by atoms with Crippen molar-refractivity contribution in [1.82, 2.24) is 0 Å². The number of benzene rings is 15. The Morgan fingerprint density at radius 1 is 0.248 bits per heavy atom. The molecule has 0 fully saturated rings. The first kappa shape index (κ1) is 63.4. The van der Waals surface area contributed by atoms with Crippen LogP contribution >= 0.6 is 11.3 Å². The van der Waals surface area contributed by atoms with Gasteiger partial charge in [0.2, 0.25) is 0 Å². The quantitative estimate of drug-likeness (QED) is 0.134. The average molecular weight is 1370 g/mol. The fourth-order valence-electron chi connectivity index (χ4n) is 17.3. The molecule has 3 heterocycles. The van der Waals surface area contributed by atoms with E-state index in [1.807, 2.05) is 59.9 Å². The van der Waals surface area contributed by atoms with Crippen LogP contribution in [0, 0.1) is 0 Å². The van der Waals surface area contributed by atoms with Gasteiger partial charge in [0.1, 0.15) is 22.3 Å². The lowest BCUT2D eigenvalue weighted by Gasteiger charge is -2.25. The van der Waals surface area contributed by atoms with E-state index in [1.165, 1.54) is 120 Å². The van der Waals surface area contributed by atoms with E-state index in [9.17, 15) is 0 Å². The van der Waals surface area contributed by atoms with Crippen LogP contribution in [0.2, 0.25) is 0 Å². The van der Waals surface area contributed by atoms with Crippen LogP contribution in [-0.2, 0) is 16.2 Å². The Bertz CT molecular complexity index is 6460. The fourth-order valence-corrected chi connectivity index (χ4v) is 18.4. The molecule has 0 atom stereocenters. The second-order valence-corrected chi connectivity index (χ2v) is 30.8. The zero-order valence-corrected chi connectivity index (χ0v) is 60.2. The van der Waals surface area contributed by atoms with Crippen molar-refractivity contribution < 1.29 is 8.83 Å². The van der Waals surface area contributed by atoms with E-state index in [0.717, 1.165) is 78.0 Å². The third kappa shape index (κ3) is 10.6. The van der Waals surface area contributed by atoms with Crippen LogP contribution < -0.4 is 16.0 Å². The molecule has 3 aromatic heterocycles. The smallest absolute Gasteiger partial charge is 0.137 e. The number of rotatable bonds is 9. The number of furan rings is 2. The molecule has 3 N–H and O–H groups in total. The summed E-state index contributed by atoms with van der Waals surface area (Å²) in [4.78, 5) is 0. The highest BCUT2D eigenvalue weighted by Crippen LogP contribution is 2.56. The zero-order chi connectivity index (χ0) is 70.7. The lowest BCUT2D eigenvalue weighted by atomic mass is 9.79. The molecule has 3 aliphatic rings. The van der Waals surface area contributed by atoms with Gasteiger partial charge in [-0.05, 0) is 197 Å². The zero-order valence-electron chi connectivity index (χ0n) is 59.4. The van der Waals surface area contributed by atoms with E-state index in [2.05, 4.69) is 337 Å². The molecule has 0 radical (unpaired) electrons. The highest BCUT2D eigenvalue weighted by Gasteiger charge is 2.40. The van der Waals surface area contributed by atoms with Gasteiger partial charge in [-0.25, -0.2) is 0 Å².